The molecule has 3 N–H and O–H groups in total. The van der Waals surface area contributed by atoms with Gasteiger partial charge in [0, 0.05) is 5.25 Å². The average Bonchev–Trinajstić information content (AvgIpc) is 1.65. The van der Waals surface area contributed by atoms with Crippen LogP contribution in [-0.2, 0) is 11.0 Å². The predicted molar refractivity (Wildman–Crippen MR) is 30.6 cm³/mol. The van der Waals surface area contributed by atoms with Crippen molar-refractivity contribution < 1.29 is 4.21 Å². The Morgan fingerprint density at radius 3 is 2.14 bits per heavy atom. The fraction of sp³-hybridized carbons (Fsp3) is 1.00. The maximum atomic E-state index is 10.4. The van der Waals surface area contributed by atoms with Crippen LogP contribution in [-0.4, -0.2) is 9.46 Å². The summed E-state index contributed by atoms with van der Waals surface area (Å²) in [5, 5.41) is 0.102. The van der Waals surface area contributed by atoms with E-state index in [1.54, 1.807) is 0 Å². The van der Waals surface area contributed by atoms with Gasteiger partial charge in [-0.05, 0) is 13.8 Å². The summed E-state index contributed by atoms with van der Waals surface area (Å²) in [7, 11) is -1.05. The molecule has 44 valence electrons. The lowest BCUT2D eigenvalue weighted by Gasteiger charge is -1.99. The second-order valence-electron chi connectivity index (χ2n) is 1.46. The van der Waals surface area contributed by atoms with Gasteiger partial charge in [0.25, 0.3) is 0 Å². The quantitative estimate of drug-likeness (QED) is 0.384. The van der Waals surface area contributed by atoms with Crippen molar-refractivity contribution in [3.8, 4) is 0 Å². The molecule has 0 aliphatic carbocycles. The molecule has 0 aromatic carbocycles. The highest BCUT2D eigenvalue weighted by molar-refractivity contribution is 7.83. The summed E-state index contributed by atoms with van der Waals surface area (Å²) >= 11 is 0. The molecular weight excluding hydrogens is 112 g/mol. The number of nitrogens with two attached hydrogens (primary N) is 1. The molecule has 0 bridgehead atoms. The standard InChI is InChI=1S/C3H10N2OS/c1-3(2)7(6)5-4/h3,5H,4H2,1-2H3. The van der Waals surface area contributed by atoms with Crippen molar-refractivity contribution in [1.29, 1.82) is 0 Å². The normalized spacial score (nSPS) is 14.9. The number of hydrogen-bond acceptors (Lipinski definition) is 2. The molecule has 0 aromatic rings. The largest absolute Gasteiger partial charge is 0.260 e. The average molecular weight is 122 g/mol. The lowest BCUT2D eigenvalue weighted by atomic mass is 10.6. The van der Waals surface area contributed by atoms with Crippen LogP contribution in [0, 0.1) is 0 Å². The van der Waals surface area contributed by atoms with Gasteiger partial charge in [-0.3, -0.25) is 5.84 Å². The molecule has 0 spiro atoms. The van der Waals surface area contributed by atoms with Crippen LogP contribution in [0.2, 0.25) is 0 Å². The molecule has 0 aromatic heterocycles. The Hall–Kier alpha value is 0.0700. The Labute approximate surface area is 45.8 Å². The fourth-order valence-corrected chi connectivity index (χ4v) is 0.408. The van der Waals surface area contributed by atoms with E-state index in [0.717, 1.165) is 0 Å². The van der Waals surface area contributed by atoms with Crippen LogP contribution in [0.5, 0.6) is 0 Å². The summed E-state index contributed by atoms with van der Waals surface area (Å²) in [6, 6.07) is 0. The minimum Gasteiger partial charge on any atom is -0.260 e. The van der Waals surface area contributed by atoms with Crippen molar-refractivity contribution in [2.75, 3.05) is 0 Å². The van der Waals surface area contributed by atoms with Gasteiger partial charge in [0.15, 0.2) is 0 Å². The highest BCUT2D eigenvalue weighted by Crippen LogP contribution is 1.84. The van der Waals surface area contributed by atoms with E-state index in [2.05, 4.69) is 4.83 Å². The van der Waals surface area contributed by atoms with Crippen LogP contribution in [0.1, 0.15) is 13.8 Å². The van der Waals surface area contributed by atoms with Crippen LogP contribution < -0.4 is 10.7 Å². The first-order chi connectivity index (χ1) is 3.18. The molecule has 0 saturated heterocycles. The predicted octanol–water partition coefficient (Wildman–Crippen LogP) is -0.478. The van der Waals surface area contributed by atoms with Crippen LogP contribution in [0.4, 0.5) is 0 Å². The summed E-state index contributed by atoms with van der Waals surface area (Å²) in [6.07, 6.45) is 0. The lowest BCUT2D eigenvalue weighted by Crippen LogP contribution is -2.29. The molecule has 0 aliphatic heterocycles. The van der Waals surface area contributed by atoms with Crippen molar-refractivity contribution in [3.05, 3.63) is 0 Å². The molecule has 3 nitrogen and oxygen atoms in total. The van der Waals surface area contributed by atoms with Gasteiger partial charge >= 0.3 is 0 Å². The third-order valence-electron chi connectivity index (χ3n) is 0.544. The van der Waals surface area contributed by atoms with Gasteiger partial charge in [-0.25, -0.2) is 4.21 Å². The topological polar surface area (TPSA) is 55.1 Å². The van der Waals surface area contributed by atoms with E-state index in [4.69, 9.17) is 5.84 Å². The molecule has 1 unspecified atom stereocenters. The van der Waals surface area contributed by atoms with Crippen LogP contribution in [0.25, 0.3) is 0 Å². The summed E-state index contributed by atoms with van der Waals surface area (Å²) in [5.74, 6) is 4.82. The van der Waals surface area contributed by atoms with Crippen LogP contribution >= 0.6 is 0 Å². The highest BCUT2D eigenvalue weighted by Gasteiger charge is 1.98. The minimum absolute atomic E-state index is 0.102. The Bertz CT molecular complexity index is 73.3. The Kier molecular flexibility index (Phi) is 3.15. The summed E-state index contributed by atoms with van der Waals surface area (Å²) < 4.78 is 10.4. The van der Waals surface area contributed by atoms with Gasteiger partial charge in [-0.2, -0.15) is 4.83 Å². The van der Waals surface area contributed by atoms with Gasteiger partial charge in [0.2, 0.25) is 0 Å². The summed E-state index contributed by atoms with van der Waals surface area (Å²) in [4.78, 5) is 2.14. The van der Waals surface area contributed by atoms with E-state index in [1.165, 1.54) is 0 Å². The SMILES string of the molecule is CC(C)S(=O)NN. The minimum atomic E-state index is -1.05. The molecule has 0 aliphatic rings. The molecule has 1 atom stereocenters. The molecule has 0 amide bonds. The van der Waals surface area contributed by atoms with Gasteiger partial charge in [0.05, 0.1) is 0 Å². The maximum absolute atomic E-state index is 10.4. The molecule has 0 saturated carbocycles. The second-order valence-corrected chi connectivity index (χ2v) is 3.24. The third kappa shape index (κ3) is 2.73. The molecule has 0 rings (SSSR count). The molecule has 0 radical (unpaired) electrons. The summed E-state index contributed by atoms with van der Waals surface area (Å²) in [5.41, 5.74) is 0. The Morgan fingerprint density at radius 2 is 2.14 bits per heavy atom. The van der Waals surface area contributed by atoms with Crippen molar-refractivity contribution in [3.63, 3.8) is 0 Å². The first kappa shape index (κ1) is 7.07. The Balaban J connectivity index is 3.35. The Morgan fingerprint density at radius 1 is 1.71 bits per heavy atom. The molecule has 7 heavy (non-hydrogen) atoms. The van der Waals surface area contributed by atoms with E-state index in [1.807, 2.05) is 13.8 Å². The van der Waals surface area contributed by atoms with Crippen LogP contribution in [0.3, 0.4) is 0 Å². The zero-order chi connectivity index (χ0) is 5.86. The molecule has 0 heterocycles. The van der Waals surface area contributed by atoms with Crippen LogP contribution in [0.15, 0.2) is 0 Å². The smallest absolute Gasteiger partial charge is 0.108 e. The van der Waals surface area contributed by atoms with Gasteiger partial charge in [-0.15, -0.1) is 0 Å². The number of hydrogen-bond donors (Lipinski definition) is 2. The molecule has 4 heteroatoms. The second kappa shape index (κ2) is 3.12. The molecule has 0 fully saturated rings. The zero-order valence-corrected chi connectivity index (χ0v) is 5.29. The van der Waals surface area contributed by atoms with E-state index >= 15 is 0 Å². The van der Waals surface area contributed by atoms with Crippen molar-refractivity contribution in [2.45, 2.75) is 19.1 Å². The van der Waals surface area contributed by atoms with Gasteiger partial charge in [0.1, 0.15) is 11.0 Å². The lowest BCUT2D eigenvalue weighted by molar-refractivity contribution is 0.667. The van der Waals surface area contributed by atoms with Crippen molar-refractivity contribution in [2.24, 2.45) is 5.84 Å². The number of rotatable bonds is 2. The maximum Gasteiger partial charge on any atom is 0.108 e. The van der Waals surface area contributed by atoms with Crippen molar-refractivity contribution >= 4 is 11.0 Å². The number of hydrazine groups is 1. The van der Waals surface area contributed by atoms with E-state index in [0.29, 0.717) is 0 Å². The highest BCUT2D eigenvalue weighted by atomic mass is 32.2. The first-order valence-electron chi connectivity index (χ1n) is 2.05. The van der Waals surface area contributed by atoms with Gasteiger partial charge in [-0.1, -0.05) is 0 Å². The van der Waals surface area contributed by atoms with Crippen molar-refractivity contribution in [1.82, 2.24) is 4.83 Å². The van der Waals surface area contributed by atoms with E-state index in [9.17, 15) is 4.21 Å². The molecular formula is C3H10N2OS. The van der Waals surface area contributed by atoms with Gasteiger partial charge < -0.3 is 0 Å². The third-order valence-corrected chi connectivity index (χ3v) is 1.63. The van der Waals surface area contributed by atoms with E-state index < -0.39 is 11.0 Å². The van der Waals surface area contributed by atoms with E-state index in [-0.39, 0.29) is 5.25 Å². The summed E-state index contributed by atoms with van der Waals surface area (Å²) in [6.45, 7) is 3.66. The monoisotopic (exact) mass is 122 g/mol. The fourth-order valence-electron chi connectivity index (χ4n) is 0.136. The zero-order valence-electron chi connectivity index (χ0n) is 4.47. The first-order valence-corrected chi connectivity index (χ1v) is 3.26. The number of nitrogens with one attached hydrogen (secondary N) is 1.